The van der Waals surface area contributed by atoms with Crippen LogP contribution in [0.4, 0.5) is 15.3 Å². The van der Waals surface area contributed by atoms with Gasteiger partial charge in [-0.1, -0.05) is 67.8 Å². The molecule has 1 heterocycles. The van der Waals surface area contributed by atoms with Gasteiger partial charge in [-0.25, -0.2) is 9.59 Å². The first-order chi connectivity index (χ1) is 22.2. The van der Waals surface area contributed by atoms with E-state index in [1.165, 1.54) is 6.42 Å². The molecular weight excluding hydrogens is 578 g/mol. The van der Waals surface area contributed by atoms with Gasteiger partial charge >= 0.3 is 12.1 Å². The number of carbonyl (C=O) groups is 2. The minimum atomic E-state index is -0.532. The molecule has 4 aromatic rings. The minimum Gasteiger partial charge on any atom is -0.497 e. The van der Waals surface area contributed by atoms with Gasteiger partial charge in [-0.3, -0.25) is 0 Å². The van der Waals surface area contributed by atoms with Crippen molar-refractivity contribution < 1.29 is 23.5 Å². The molecule has 0 atom stereocenters. The van der Waals surface area contributed by atoms with Crippen LogP contribution in [0, 0.1) is 0 Å². The topological polar surface area (TPSA) is 84.2 Å². The first-order valence-electron chi connectivity index (χ1n) is 16.1. The van der Waals surface area contributed by atoms with Crippen molar-refractivity contribution in [1.29, 1.82) is 0 Å². The molecule has 46 heavy (non-hydrogen) atoms. The average Bonchev–Trinajstić information content (AvgIpc) is 3.57. The van der Waals surface area contributed by atoms with Crippen molar-refractivity contribution in [3.05, 3.63) is 108 Å². The fourth-order valence-electron chi connectivity index (χ4n) is 5.75. The summed E-state index contributed by atoms with van der Waals surface area (Å²) in [5.41, 5.74) is 4.39. The summed E-state index contributed by atoms with van der Waals surface area (Å²) in [6, 6.07) is 27.6. The third kappa shape index (κ3) is 9.16. The number of rotatable bonds is 10. The summed E-state index contributed by atoms with van der Waals surface area (Å²) >= 11 is 0. The second-order valence-corrected chi connectivity index (χ2v) is 12.9. The molecule has 1 aromatic heterocycles. The van der Waals surface area contributed by atoms with E-state index in [1.54, 1.807) is 18.3 Å². The van der Waals surface area contributed by atoms with E-state index in [9.17, 15) is 9.59 Å². The molecule has 1 aliphatic rings. The van der Waals surface area contributed by atoms with E-state index in [2.05, 4.69) is 41.7 Å². The molecule has 0 bridgehead atoms. The van der Waals surface area contributed by atoms with Crippen LogP contribution >= 0.6 is 0 Å². The molecule has 0 spiro atoms. The van der Waals surface area contributed by atoms with Gasteiger partial charge in [0.15, 0.2) is 0 Å². The van der Waals surface area contributed by atoms with Crippen molar-refractivity contribution >= 4 is 17.8 Å². The van der Waals surface area contributed by atoms with E-state index in [0.29, 0.717) is 31.1 Å². The number of amides is 3. The molecule has 3 aromatic carbocycles. The van der Waals surface area contributed by atoms with Crippen LogP contribution in [0.15, 0.2) is 95.6 Å². The summed E-state index contributed by atoms with van der Waals surface area (Å²) < 4.78 is 16.6. The molecule has 0 radical (unpaired) electrons. The Kier molecular flexibility index (Phi) is 10.7. The molecule has 1 fully saturated rings. The Bertz CT molecular complexity index is 1540. The highest BCUT2D eigenvalue weighted by Gasteiger charge is 2.29. The lowest BCUT2D eigenvalue weighted by molar-refractivity contribution is 0.00988. The van der Waals surface area contributed by atoms with Crippen LogP contribution in [0.25, 0.3) is 11.1 Å². The zero-order chi connectivity index (χ0) is 32.5. The molecule has 1 N–H and O–H groups in total. The van der Waals surface area contributed by atoms with Gasteiger partial charge in [-0.15, -0.1) is 0 Å². The maximum atomic E-state index is 13.3. The van der Waals surface area contributed by atoms with Crippen LogP contribution in [-0.2, 0) is 24.4 Å². The van der Waals surface area contributed by atoms with Crippen LogP contribution in [0.1, 0.15) is 69.8 Å². The summed E-state index contributed by atoms with van der Waals surface area (Å²) in [6.07, 6.45) is 6.93. The number of carbonyl (C=O) groups excluding carboxylic acids is 2. The molecule has 242 valence electrons. The molecule has 0 unspecified atom stereocenters. The van der Waals surface area contributed by atoms with Gasteiger partial charge < -0.3 is 29.0 Å². The van der Waals surface area contributed by atoms with E-state index in [-0.39, 0.29) is 18.2 Å². The number of methoxy groups -OCH3 is 1. The van der Waals surface area contributed by atoms with Crippen molar-refractivity contribution in [2.75, 3.05) is 12.4 Å². The Labute approximate surface area is 272 Å². The predicted molar refractivity (Wildman–Crippen MR) is 180 cm³/mol. The highest BCUT2D eigenvalue weighted by molar-refractivity contribution is 5.89. The Morgan fingerprint density at radius 1 is 0.804 bits per heavy atom. The molecule has 5 rings (SSSR count). The predicted octanol–water partition coefficient (Wildman–Crippen LogP) is 9.26. The summed E-state index contributed by atoms with van der Waals surface area (Å²) in [4.78, 5) is 30.1. The zero-order valence-electron chi connectivity index (χ0n) is 27.3. The summed E-state index contributed by atoms with van der Waals surface area (Å²) in [5, 5.41) is 2.98. The Morgan fingerprint density at radius 2 is 1.41 bits per heavy atom. The van der Waals surface area contributed by atoms with Crippen molar-refractivity contribution in [3.8, 4) is 16.9 Å². The largest absolute Gasteiger partial charge is 0.497 e. The number of furan rings is 1. The smallest absolute Gasteiger partial charge is 0.410 e. The number of ether oxygens (including phenoxy) is 2. The summed E-state index contributed by atoms with van der Waals surface area (Å²) in [5.74, 6) is 1.43. The third-order valence-electron chi connectivity index (χ3n) is 8.17. The van der Waals surface area contributed by atoms with Crippen LogP contribution in [0.3, 0.4) is 0 Å². The number of anilines is 1. The van der Waals surface area contributed by atoms with Crippen LogP contribution < -0.4 is 10.1 Å². The van der Waals surface area contributed by atoms with Gasteiger partial charge in [0.05, 0.1) is 19.9 Å². The van der Waals surface area contributed by atoms with Crippen molar-refractivity contribution in [2.45, 2.75) is 84.2 Å². The number of urea groups is 1. The van der Waals surface area contributed by atoms with E-state index < -0.39 is 5.60 Å². The number of hydrogen-bond donors (Lipinski definition) is 1. The SMILES string of the molecule is COc1ccc(NC(=O)N(Cc2ccc(-c3ccc(CN(C(=O)OC(C)(C)C)C4CCCCC4)cc3)cc2)Cc2ccco2)cc1. The second-order valence-electron chi connectivity index (χ2n) is 12.9. The van der Waals surface area contributed by atoms with Gasteiger partial charge in [-0.05, 0) is 92.3 Å². The quantitative estimate of drug-likeness (QED) is 0.190. The lowest BCUT2D eigenvalue weighted by Gasteiger charge is -2.35. The van der Waals surface area contributed by atoms with Gasteiger partial charge in [0.2, 0.25) is 0 Å². The lowest BCUT2D eigenvalue weighted by atomic mass is 9.94. The fourth-order valence-corrected chi connectivity index (χ4v) is 5.75. The highest BCUT2D eigenvalue weighted by atomic mass is 16.6. The summed E-state index contributed by atoms with van der Waals surface area (Å²) in [7, 11) is 1.61. The standard InChI is InChI=1S/C38H45N3O5/c1-38(2,3)46-37(43)41(33-9-6-5-7-10-33)26-29-14-18-31(19-15-29)30-16-12-28(13-17-30)25-40(27-35-11-8-24-45-35)36(42)39-32-20-22-34(44-4)23-21-32/h8,11-24,33H,5-7,9-10,25-27H2,1-4H3,(H,39,42). The minimum absolute atomic E-state index is 0.210. The van der Waals surface area contributed by atoms with Crippen LogP contribution in [0.5, 0.6) is 5.75 Å². The molecular formula is C38H45N3O5. The number of nitrogens with one attached hydrogen (secondary N) is 1. The van der Waals surface area contributed by atoms with Gasteiger partial charge in [0, 0.05) is 24.8 Å². The summed E-state index contributed by atoms with van der Waals surface area (Å²) in [6.45, 7) is 7.01. The molecule has 8 nitrogen and oxygen atoms in total. The lowest BCUT2D eigenvalue weighted by Crippen LogP contribution is -2.43. The molecule has 0 saturated heterocycles. The van der Waals surface area contributed by atoms with Gasteiger partial charge in [0.25, 0.3) is 0 Å². The first-order valence-corrected chi connectivity index (χ1v) is 16.1. The Morgan fingerprint density at radius 3 is 1.96 bits per heavy atom. The highest BCUT2D eigenvalue weighted by Crippen LogP contribution is 2.27. The number of nitrogens with zero attached hydrogens (tertiary/aromatic N) is 2. The molecule has 0 aliphatic heterocycles. The maximum absolute atomic E-state index is 13.3. The first kappa shape index (κ1) is 32.7. The Balaban J connectivity index is 1.25. The average molecular weight is 624 g/mol. The third-order valence-corrected chi connectivity index (χ3v) is 8.17. The van der Waals surface area contributed by atoms with Gasteiger partial charge in [0.1, 0.15) is 17.1 Å². The van der Waals surface area contributed by atoms with Gasteiger partial charge in [-0.2, -0.15) is 0 Å². The van der Waals surface area contributed by atoms with Crippen molar-refractivity contribution in [3.63, 3.8) is 0 Å². The normalized spacial score (nSPS) is 13.6. The van der Waals surface area contributed by atoms with E-state index >= 15 is 0 Å². The van der Waals surface area contributed by atoms with Crippen LogP contribution in [0.2, 0.25) is 0 Å². The van der Waals surface area contributed by atoms with E-state index in [0.717, 1.165) is 53.7 Å². The van der Waals surface area contributed by atoms with E-state index in [1.807, 2.05) is 74.2 Å². The fraction of sp³-hybridized carbons (Fsp3) is 0.368. The van der Waals surface area contributed by atoms with E-state index in [4.69, 9.17) is 13.9 Å². The molecule has 1 saturated carbocycles. The van der Waals surface area contributed by atoms with Crippen LogP contribution in [-0.4, -0.2) is 40.7 Å². The molecule has 8 heteroatoms. The van der Waals surface area contributed by atoms with Crippen molar-refractivity contribution in [1.82, 2.24) is 9.80 Å². The monoisotopic (exact) mass is 623 g/mol. The Hall–Kier alpha value is -4.72. The zero-order valence-corrected chi connectivity index (χ0v) is 27.3. The second kappa shape index (κ2) is 15.0. The number of hydrogen-bond acceptors (Lipinski definition) is 5. The molecule has 1 aliphatic carbocycles. The number of benzene rings is 3. The molecule has 3 amide bonds. The van der Waals surface area contributed by atoms with Crippen molar-refractivity contribution in [2.24, 2.45) is 0 Å². The maximum Gasteiger partial charge on any atom is 0.410 e.